The van der Waals surface area contributed by atoms with Gasteiger partial charge in [-0.05, 0) is 43.9 Å². The predicted molar refractivity (Wildman–Crippen MR) is 111 cm³/mol. The minimum Gasteiger partial charge on any atom is -0.430 e. The van der Waals surface area contributed by atoms with Gasteiger partial charge < -0.3 is 18.9 Å². The molecule has 0 radical (unpaired) electrons. The van der Waals surface area contributed by atoms with Crippen LogP contribution in [0.15, 0.2) is 0 Å². The van der Waals surface area contributed by atoms with Crippen molar-refractivity contribution in [1.82, 2.24) is 10.6 Å². The van der Waals surface area contributed by atoms with Crippen molar-refractivity contribution in [2.75, 3.05) is 32.9 Å². The van der Waals surface area contributed by atoms with E-state index in [0.29, 0.717) is 19.1 Å². The molecule has 1 unspecified atom stereocenters. The van der Waals surface area contributed by atoms with Gasteiger partial charge in [0, 0.05) is 13.1 Å². The SMILES string of the molecule is CCCCCCCCOC1NCC(C2CCC(OCC3COC(=O)O3)CC2)CN1. The molecule has 2 N–H and O–H groups in total. The Morgan fingerprint density at radius 1 is 0.931 bits per heavy atom. The highest BCUT2D eigenvalue weighted by atomic mass is 16.8. The molecule has 1 aliphatic carbocycles. The Morgan fingerprint density at radius 3 is 2.34 bits per heavy atom. The summed E-state index contributed by atoms with van der Waals surface area (Å²) >= 11 is 0. The second kappa shape index (κ2) is 12.7. The minimum absolute atomic E-state index is 0.0119. The number of nitrogens with one attached hydrogen (secondary N) is 2. The van der Waals surface area contributed by atoms with Gasteiger partial charge >= 0.3 is 6.16 Å². The highest BCUT2D eigenvalue weighted by Crippen LogP contribution is 2.32. The van der Waals surface area contributed by atoms with Crippen LogP contribution in [-0.2, 0) is 18.9 Å². The summed E-state index contributed by atoms with van der Waals surface area (Å²) in [4.78, 5) is 10.9. The van der Waals surface area contributed by atoms with Gasteiger partial charge in [0.05, 0.1) is 19.3 Å². The van der Waals surface area contributed by atoms with Crippen molar-refractivity contribution < 1.29 is 23.7 Å². The largest absolute Gasteiger partial charge is 0.508 e. The molecule has 3 fully saturated rings. The molecule has 2 heterocycles. The van der Waals surface area contributed by atoms with Crippen molar-refractivity contribution in [1.29, 1.82) is 0 Å². The first-order valence-corrected chi connectivity index (χ1v) is 11.8. The maximum absolute atomic E-state index is 10.9. The number of unbranched alkanes of at least 4 members (excludes halogenated alkanes) is 5. The fourth-order valence-corrected chi connectivity index (χ4v) is 4.61. The normalized spacial score (nSPS) is 32.7. The molecule has 0 bridgehead atoms. The smallest absolute Gasteiger partial charge is 0.430 e. The van der Waals surface area contributed by atoms with E-state index >= 15 is 0 Å². The second-order valence-electron chi connectivity index (χ2n) is 8.77. The van der Waals surface area contributed by atoms with Gasteiger partial charge in [0.25, 0.3) is 0 Å². The van der Waals surface area contributed by atoms with Gasteiger partial charge in [0.2, 0.25) is 0 Å². The fraction of sp³-hybridized carbons (Fsp3) is 0.955. The molecule has 2 saturated heterocycles. The quantitative estimate of drug-likeness (QED) is 0.375. The molecule has 0 amide bonds. The monoisotopic (exact) mass is 412 g/mol. The molecule has 0 aromatic heterocycles. The van der Waals surface area contributed by atoms with Crippen molar-refractivity contribution in [3.05, 3.63) is 0 Å². The Kier molecular flexibility index (Phi) is 10.00. The van der Waals surface area contributed by atoms with Gasteiger partial charge in [-0.2, -0.15) is 0 Å². The number of cyclic esters (lactones) is 2. The molecule has 3 aliphatic rings. The minimum atomic E-state index is -0.575. The van der Waals surface area contributed by atoms with E-state index in [0.717, 1.165) is 44.9 Å². The third-order valence-corrected chi connectivity index (χ3v) is 6.47. The van der Waals surface area contributed by atoms with Crippen molar-refractivity contribution in [3.63, 3.8) is 0 Å². The maximum atomic E-state index is 10.9. The van der Waals surface area contributed by atoms with Crippen molar-refractivity contribution in [2.24, 2.45) is 11.8 Å². The Bertz CT molecular complexity index is 462. The molecule has 7 heteroatoms. The molecule has 0 spiro atoms. The first-order valence-electron chi connectivity index (χ1n) is 11.8. The van der Waals surface area contributed by atoms with Crippen LogP contribution in [0, 0.1) is 11.8 Å². The van der Waals surface area contributed by atoms with Crippen LogP contribution in [0.2, 0.25) is 0 Å². The van der Waals surface area contributed by atoms with Gasteiger partial charge in [0.15, 0.2) is 12.5 Å². The summed E-state index contributed by atoms with van der Waals surface area (Å²) in [6.07, 6.45) is 11.8. The number of carbonyl (C=O) groups is 1. The number of carbonyl (C=O) groups excluding carboxylic acids is 1. The van der Waals surface area contributed by atoms with Crippen molar-refractivity contribution in [3.8, 4) is 0 Å². The van der Waals surface area contributed by atoms with Crippen LogP contribution in [0.25, 0.3) is 0 Å². The Balaban J connectivity index is 1.20. The summed E-state index contributed by atoms with van der Waals surface area (Å²) in [7, 11) is 0. The summed E-state index contributed by atoms with van der Waals surface area (Å²) in [6, 6.07) is 0. The first kappa shape index (κ1) is 22.8. The molecule has 1 atom stereocenters. The molecule has 0 aromatic rings. The van der Waals surface area contributed by atoms with E-state index in [2.05, 4.69) is 17.6 Å². The zero-order valence-electron chi connectivity index (χ0n) is 18.0. The Hall–Kier alpha value is -0.890. The van der Waals surface area contributed by atoms with Crippen LogP contribution in [0.1, 0.15) is 71.1 Å². The molecule has 1 saturated carbocycles. The van der Waals surface area contributed by atoms with Crippen LogP contribution >= 0.6 is 0 Å². The highest BCUT2D eigenvalue weighted by Gasteiger charge is 2.32. The summed E-state index contributed by atoms with van der Waals surface area (Å²) < 4.78 is 21.7. The number of hydrogen-bond donors (Lipinski definition) is 2. The van der Waals surface area contributed by atoms with Crippen LogP contribution in [-0.4, -0.2) is 57.6 Å². The lowest BCUT2D eigenvalue weighted by atomic mass is 9.78. The molecule has 3 rings (SSSR count). The molecule has 2 aliphatic heterocycles. The number of rotatable bonds is 12. The van der Waals surface area contributed by atoms with Gasteiger partial charge in [-0.15, -0.1) is 0 Å². The standard InChI is InChI=1S/C22H40N2O5/c1-2-3-4-5-6-7-12-26-21-23-13-18(14-24-21)17-8-10-19(11-9-17)27-15-20-16-28-22(25)29-20/h17-21,23-24H,2-16H2,1H3. The summed E-state index contributed by atoms with van der Waals surface area (Å²) in [5.74, 6) is 1.40. The predicted octanol–water partition coefficient (Wildman–Crippen LogP) is 3.57. The number of ether oxygens (including phenoxy) is 4. The third kappa shape index (κ3) is 8.04. The second-order valence-corrected chi connectivity index (χ2v) is 8.77. The third-order valence-electron chi connectivity index (χ3n) is 6.47. The molecule has 0 aromatic carbocycles. The average Bonchev–Trinajstić information content (AvgIpc) is 3.18. The zero-order chi connectivity index (χ0) is 20.3. The van der Waals surface area contributed by atoms with Crippen LogP contribution in [0.4, 0.5) is 4.79 Å². The van der Waals surface area contributed by atoms with E-state index in [1.807, 2.05) is 0 Å². The van der Waals surface area contributed by atoms with Crippen LogP contribution < -0.4 is 10.6 Å². The Labute approximate surface area is 175 Å². The van der Waals surface area contributed by atoms with Crippen LogP contribution in [0.3, 0.4) is 0 Å². The average molecular weight is 413 g/mol. The lowest BCUT2D eigenvalue weighted by molar-refractivity contribution is -0.0393. The van der Waals surface area contributed by atoms with E-state index < -0.39 is 6.16 Å². The molecule has 7 nitrogen and oxygen atoms in total. The lowest BCUT2D eigenvalue weighted by Crippen LogP contribution is -2.55. The van der Waals surface area contributed by atoms with Gasteiger partial charge in [-0.1, -0.05) is 39.0 Å². The van der Waals surface area contributed by atoms with Crippen molar-refractivity contribution in [2.45, 2.75) is 89.7 Å². The molecule has 29 heavy (non-hydrogen) atoms. The lowest BCUT2D eigenvalue weighted by Gasteiger charge is -2.38. The van der Waals surface area contributed by atoms with E-state index in [1.165, 1.54) is 44.9 Å². The van der Waals surface area contributed by atoms with E-state index in [1.54, 1.807) is 0 Å². The van der Waals surface area contributed by atoms with E-state index in [-0.39, 0.29) is 18.6 Å². The first-order chi connectivity index (χ1) is 14.2. The van der Waals surface area contributed by atoms with E-state index in [9.17, 15) is 4.79 Å². The summed E-state index contributed by atoms with van der Waals surface area (Å²) in [5, 5.41) is 7.06. The fourth-order valence-electron chi connectivity index (χ4n) is 4.61. The van der Waals surface area contributed by atoms with Crippen molar-refractivity contribution >= 4 is 6.16 Å². The number of hydrogen-bond acceptors (Lipinski definition) is 7. The van der Waals surface area contributed by atoms with E-state index in [4.69, 9.17) is 18.9 Å². The molecular formula is C22H40N2O5. The molecule has 168 valence electrons. The summed E-state index contributed by atoms with van der Waals surface area (Å²) in [6.45, 7) is 5.91. The topological polar surface area (TPSA) is 78.0 Å². The van der Waals surface area contributed by atoms with Crippen LogP contribution in [0.5, 0.6) is 0 Å². The molecular weight excluding hydrogens is 372 g/mol. The van der Waals surface area contributed by atoms with Gasteiger partial charge in [-0.25, -0.2) is 4.79 Å². The Morgan fingerprint density at radius 2 is 1.66 bits per heavy atom. The van der Waals surface area contributed by atoms with Gasteiger partial charge in [0.1, 0.15) is 6.61 Å². The van der Waals surface area contributed by atoms with Gasteiger partial charge in [-0.3, -0.25) is 10.6 Å². The highest BCUT2D eigenvalue weighted by molar-refractivity contribution is 5.61. The maximum Gasteiger partial charge on any atom is 0.508 e. The summed E-state index contributed by atoms with van der Waals surface area (Å²) in [5.41, 5.74) is 0. The zero-order valence-corrected chi connectivity index (χ0v) is 18.0.